The van der Waals surface area contributed by atoms with E-state index in [1.54, 1.807) is 0 Å². The molecule has 0 saturated heterocycles. The molecule has 0 amide bonds. The largest absolute Gasteiger partial charge is 0.368 e. The summed E-state index contributed by atoms with van der Waals surface area (Å²) in [5.74, 6) is 2.87. The Bertz CT molecular complexity index is 1970. The van der Waals surface area contributed by atoms with Crippen LogP contribution in [0.3, 0.4) is 0 Å². The van der Waals surface area contributed by atoms with Gasteiger partial charge < -0.3 is 30.5 Å². The highest BCUT2D eigenvalue weighted by Gasteiger charge is 2.19. The lowest BCUT2D eigenvalue weighted by Gasteiger charge is -2.12. The molecule has 0 aromatic carbocycles. The second kappa shape index (κ2) is 14.7. The molecule has 0 saturated carbocycles. The highest BCUT2D eigenvalue weighted by atomic mass is 15.1. The van der Waals surface area contributed by atoms with E-state index >= 15 is 0 Å². The number of anilines is 3. The number of pyridine rings is 3. The minimum atomic E-state index is 0.417. The van der Waals surface area contributed by atoms with Crippen molar-refractivity contribution in [1.29, 1.82) is 0 Å². The fourth-order valence-electron chi connectivity index (χ4n) is 6.96. The van der Waals surface area contributed by atoms with Crippen LogP contribution in [-0.4, -0.2) is 47.6 Å². The van der Waals surface area contributed by atoms with E-state index < -0.39 is 0 Å². The summed E-state index contributed by atoms with van der Waals surface area (Å²) < 4.78 is 2.29. The summed E-state index contributed by atoms with van der Waals surface area (Å²) in [5, 5.41) is 13.8. The summed E-state index contributed by atoms with van der Waals surface area (Å²) >= 11 is 0. The van der Waals surface area contributed by atoms with Crippen LogP contribution in [0.25, 0.3) is 33.1 Å². The van der Waals surface area contributed by atoms with Crippen LogP contribution in [0.15, 0.2) is 48.7 Å². The second-order valence-corrected chi connectivity index (χ2v) is 14.2. The molecule has 48 heavy (non-hydrogen) atoms. The molecule has 5 N–H and O–H groups in total. The Labute approximate surface area is 284 Å². The molecule has 0 spiro atoms. The fourth-order valence-corrected chi connectivity index (χ4v) is 6.96. The van der Waals surface area contributed by atoms with Crippen molar-refractivity contribution in [3.05, 3.63) is 71.2 Å². The molecule has 0 fully saturated rings. The van der Waals surface area contributed by atoms with Crippen molar-refractivity contribution in [3.8, 4) is 0 Å². The number of aromatic amines is 2. The van der Waals surface area contributed by atoms with Gasteiger partial charge in [-0.25, -0.2) is 15.0 Å². The second-order valence-electron chi connectivity index (χ2n) is 14.2. The molecule has 6 aromatic rings. The summed E-state index contributed by atoms with van der Waals surface area (Å²) in [7, 11) is 2.15. The fraction of sp³-hybridized carbons (Fsp3) is 0.462. The lowest BCUT2D eigenvalue weighted by molar-refractivity contribution is 0.652. The number of hydrogen-bond acceptors (Lipinski definition) is 6. The van der Waals surface area contributed by atoms with Gasteiger partial charge in [0.05, 0.1) is 0 Å². The van der Waals surface area contributed by atoms with E-state index in [-0.39, 0.29) is 0 Å². The van der Waals surface area contributed by atoms with Crippen LogP contribution >= 0.6 is 0 Å². The Balaban J connectivity index is 0.000000127. The number of nitrogens with zero attached hydrogens (tertiary/aromatic N) is 4. The van der Waals surface area contributed by atoms with Crippen LogP contribution in [0.1, 0.15) is 89.7 Å². The van der Waals surface area contributed by atoms with E-state index in [0.717, 1.165) is 39.8 Å². The number of H-pyrrole nitrogens is 2. The van der Waals surface area contributed by atoms with Gasteiger partial charge in [0.15, 0.2) is 0 Å². The molecule has 0 radical (unpaired) electrons. The third kappa shape index (κ3) is 7.61. The number of aryl methyl sites for hydroxylation is 4. The lowest BCUT2D eigenvalue weighted by Crippen LogP contribution is -2.11. The summed E-state index contributed by atoms with van der Waals surface area (Å²) in [4.78, 5) is 20.4. The molecule has 9 heteroatoms. The first-order chi connectivity index (χ1) is 23.2. The smallest absolute Gasteiger partial charge is 0.142 e. The molecule has 0 atom stereocenters. The van der Waals surface area contributed by atoms with Crippen LogP contribution in [0, 0.1) is 0 Å². The Hall–Kier alpha value is -4.53. The van der Waals surface area contributed by atoms with Crippen molar-refractivity contribution >= 4 is 50.6 Å². The summed E-state index contributed by atoms with van der Waals surface area (Å²) in [6, 6.07) is 16.0. The zero-order valence-corrected chi connectivity index (χ0v) is 29.8. The Kier molecular flexibility index (Phi) is 10.2. The molecule has 254 valence electrons. The van der Waals surface area contributed by atoms with Crippen molar-refractivity contribution in [2.24, 2.45) is 7.05 Å². The van der Waals surface area contributed by atoms with Crippen molar-refractivity contribution in [2.45, 2.75) is 111 Å². The topological polar surface area (TPSA) is 111 Å². The maximum Gasteiger partial charge on any atom is 0.142 e. The number of rotatable bonds is 6. The standard InChI is InChI=1S/C15H21N3.C14H19N3.C10H13N3/c1-10(2)16-14-9-8-12-11-6-4-5-7-13(11)18(3)15(12)17-14;1-9(2)15-13-8-7-11-10-5-3-4-6-12(10)16-14(11)17-13;1-7(2)12-9-4-3-8-5-6-11-10(8)13-9/h8-10H,4-7H2,1-3H3,(H,16,17);7-9H,3-6H2,1-2H3,(H2,15,16,17);3-7H,1-2H3,(H2,11,12,13). The Morgan fingerprint density at radius 3 is 1.85 bits per heavy atom. The zero-order valence-electron chi connectivity index (χ0n) is 29.8. The molecular weight excluding hydrogens is 594 g/mol. The molecular formula is C39H53N9. The van der Waals surface area contributed by atoms with Crippen molar-refractivity contribution in [2.75, 3.05) is 16.0 Å². The molecule has 0 unspecified atom stereocenters. The van der Waals surface area contributed by atoms with Gasteiger partial charge in [0.1, 0.15) is 34.4 Å². The summed E-state index contributed by atoms with van der Waals surface area (Å²) in [6.07, 6.45) is 11.9. The Morgan fingerprint density at radius 1 is 0.604 bits per heavy atom. The van der Waals surface area contributed by atoms with E-state index in [9.17, 15) is 0 Å². The number of fused-ring (bicyclic) bond motifs is 7. The zero-order chi connectivity index (χ0) is 33.8. The predicted octanol–water partition coefficient (Wildman–Crippen LogP) is 8.92. The van der Waals surface area contributed by atoms with Crippen molar-refractivity contribution < 1.29 is 0 Å². The first-order valence-electron chi connectivity index (χ1n) is 17.9. The molecule has 6 aromatic heterocycles. The van der Waals surface area contributed by atoms with Crippen molar-refractivity contribution in [1.82, 2.24) is 29.5 Å². The number of aromatic nitrogens is 6. The van der Waals surface area contributed by atoms with E-state index in [0.29, 0.717) is 18.1 Å². The minimum Gasteiger partial charge on any atom is -0.368 e. The van der Waals surface area contributed by atoms with E-state index in [2.05, 4.69) is 119 Å². The third-order valence-corrected chi connectivity index (χ3v) is 9.04. The van der Waals surface area contributed by atoms with Crippen LogP contribution in [-0.2, 0) is 32.7 Å². The van der Waals surface area contributed by atoms with E-state index in [4.69, 9.17) is 4.98 Å². The van der Waals surface area contributed by atoms with Crippen LogP contribution in [0.4, 0.5) is 17.5 Å². The quantitative estimate of drug-likeness (QED) is 0.123. The summed E-state index contributed by atoms with van der Waals surface area (Å²) in [6.45, 7) is 12.7. The Morgan fingerprint density at radius 2 is 1.17 bits per heavy atom. The third-order valence-electron chi connectivity index (χ3n) is 9.04. The predicted molar refractivity (Wildman–Crippen MR) is 202 cm³/mol. The van der Waals surface area contributed by atoms with Gasteiger partial charge in [0, 0.05) is 58.9 Å². The lowest BCUT2D eigenvalue weighted by atomic mass is 9.96. The number of hydrogen-bond donors (Lipinski definition) is 5. The molecule has 0 bridgehead atoms. The molecule has 2 aliphatic carbocycles. The average Bonchev–Trinajstić information content (AvgIpc) is 3.75. The molecule has 8 rings (SSSR count). The molecule has 2 aliphatic rings. The van der Waals surface area contributed by atoms with Crippen LogP contribution in [0.2, 0.25) is 0 Å². The van der Waals surface area contributed by atoms with Gasteiger partial charge in [-0.15, -0.1) is 0 Å². The maximum absolute atomic E-state index is 4.77. The minimum absolute atomic E-state index is 0.417. The van der Waals surface area contributed by atoms with Crippen LogP contribution < -0.4 is 16.0 Å². The van der Waals surface area contributed by atoms with Crippen LogP contribution in [0.5, 0.6) is 0 Å². The first-order valence-corrected chi connectivity index (χ1v) is 17.9. The number of nitrogens with one attached hydrogen (secondary N) is 5. The first kappa shape index (κ1) is 33.4. The normalized spacial score (nSPS) is 14.0. The van der Waals surface area contributed by atoms with Gasteiger partial charge in [0.25, 0.3) is 0 Å². The molecule has 6 heterocycles. The highest BCUT2D eigenvalue weighted by Crippen LogP contribution is 2.31. The highest BCUT2D eigenvalue weighted by molar-refractivity contribution is 5.84. The monoisotopic (exact) mass is 647 g/mol. The SMILES string of the molecule is CC(C)Nc1ccc2c3c([nH]c2n1)CCCC3.CC(C)Nc1ccc2c3c(n(C)c2n1)CCCC3.CC(C)Nc1ccc2cc[nH]c2n1. The van der Waals surface area contributed by atoms with Gasteiger partial charge in [-0.3, -0.25) is 0 Å². The molecule has 0 aliphatic heterocycles. The van der Waals surface area contributed by atoms with Gasteiger partial charge in [-0.2, -0.15) is 0 Å². The van der Waals surface area contributed by atoms with Gasteiger partial charge >= 0.3 is 0 Å². The van der Waals surface area contributed by atoms with Crippen molar-refractivity contribution in [3.63, 3.8) is 0 Å². The van der Waals surface area contributed by atoms with Gasteiger partial charge in [-0.1, -0.05) is 0 Å². The van der Waals surface area contributed by atoms with Gasteiger partial charge in [0.2, 0.25) is 0 Å². The van der Waals surface area contributed by atoms with E-state index in [1.165, 1.54) is 84.7 Å². The average molecular weight is 648 g/mol. The molecule has 9 nitrogen and oxygen atoms in total. The maximum atomic E-state index is 4.77. The van der Waals surface area contributed by atoms with Gasteiger partial charge in [-0.05, 0) is 147 Å². The van der Waals surface area contributed by atoms with E-state index in [1.807, 2.05) is 18.3 Å². The summed E-state index contributed by atoms with van der Waals surface area (Å²) in [5.41, 5.74) is 9.03.